The van der Waals surface area contributed by atoms with Crippen molar-refractivity contribution in [1.82, 2.24) is 4.90 Å². The molecule has 3 nitrogen and oxygen atoms in total. The number of aliphatic hydroxyl groups excluding tert-OH is 1. The van der Waals surface area contributed by atoms with Gasteiger partial charge in [0, 0.05) is 15.9 Å². The summed E-state index contributed by atoms with van der Waals surface area (Å²) in [5.41, 5.74) is 0. The van der Waals surface area contributed by atoms with Crippen molar-refractivity contribution in [3.8, 4) is 0 Å². The van der Waals surface area contributed by atoms with Crippen molar-refractivity contribution in [3.63, 3.8) is 0 Å². The molecule has 0 aromatic carbocycles. The van der Waals surface area contributed by atoms with E-state index in [2.05, 4.69) is 0 Å². The fourth-order valence-corrected chi connectivity index (χ4v) is 3.69. The van der Waals surface area contributed by atoms with E-state index in [0.29, 0.717) is 4.90 Å². The average molecular weight is 309 g/mol. The highest BCUT2D eigenvalue weighted by molar-refractivity contribution is 7.27. The highest BCUT2D eigenvalue weighted by Crippen LogP contribution is 2.31. The van der Waals surface area contributed by atoms with Crippen molar-refractivity contribution in [2.75, 3.05) is 19.7 Å². The van der Waals surface area contributed by atoms with Crippen LogP contribution in [-0.2, 0) is 0 Å². The number of halogens is 3. The standard InChI is InChI=1S/C11H10F3NO2S2/c12-11(13,14)6-15(2-3-16)10(17)9-5-8-7(19-9)1-4-18-8/h1,4-5,16H,2-3,6H2. The summed E-state index contributed by atoms with van der Waals surface area (Å²) < 4.78 is 38.9. The molecule has 1 amide bonds. The number of hydrogen-bond acceptors (Lipinski definition) is 4. The van der Waals surface area contributed by atoms with Crippen LogP contribution in [0.5, 0.6) is 0 Å². The molecule has 0 radical (unpaired) electrons. The number of carbonyl (C=O) groups is 1. The summed E-state index contributed by atoms with van der Waals surface area (Å²) in [5, 5.41) is 10.6. The predicted molar refractivity (Wildman–Crippen MR) is 68.7 cm³/mol. The summed E-state index contributed by atoms with van der Waals surface area (Å²) >= 11 is 2.59. The van der Waals surface area contributed by atoms with Gasteiger partial charge < -0.3 is 10.0 Å². The number of thiophene rings is 2. The van der Waals surface area contributed by atoms with Gasteiger partial charge in [0.2, 0.25) is 0 Å². The second-order valence-electron chi connectivity index (χ2n) is 3.83. The summed E-state index contributed by atoms with van der Waals surface area (Å²) in [6.45, 7) is -2.18. The van der Waals surface area contributed by atoms with Crippen LogP contribution in [0, 0.1) is 0 Å². The Labute approximate surface area is 114 Å². The zero-order valence-corrected chi connectivity index (χ0v) is 11.2. The number of carbonyl (C=O) groups excluding carboxylic acids is 1. The third kappa shape index (κ3) is 3.46. The van der Waals surface area contributed by atoms with Gasteiger partial charge in [0.1, 0.15) is 6.54 Å². The molecule has 2 aromatic heterocycles. The number of nitrogens with zero attached hydrogens (tertiary/aromatic N) is 1. The Morgan fingerprint density at radius 1 is 1.37 bits per heavy atom. The zero-order valence-electron chi connectivity index (χ0n) is 9.61. The van der Waals surface area contributed by atoms with Gasteiger partial charge in [0.25, 0.3) is 5.91 Å². The molecule has 0 aliphatic carbocycles. The lowest BCUT2D eigenvalue weighted by Gasteiger charge is -2.22. The Bertz CT molecular complexity index is 547. The molecule has 19 heavy (non-hydrogen) atoms. The topological polar surface area (TPSA) is 40.5 Å². The predicted octanol–water partition coefficient (Wildman–Crippen LogP) is 2.96. The largest absolute Gasteiger partial charge is 0.406 e. The van der Waals surface area contributed by atoms with Crippen LogP contribution in [0.3, 0.4) is 0 Å². The molecule has 0 fully saturated rings. The maximum atomic E-state index is 12.4. The zero-order chi connectivity index (χ0) is 14.0. The van der Waals surface area contributed by atoms with Crippen LogP contribution in [0.2, 0.25) is 0 Å². The first-order chi connectivity index (χ1) is 8.90. The van der Waals surface area contributed by atoms with Gasteiger partial charge in [-0.3, -0.25) is 4.79 Å². The van der Waals surface area contributed by atoms with Crippen molar-refractivity contribution < 1.29 is 23.1 Å². The molecule has 8 heteroatoms. The summed E-state index contributed by atoms with van der Waals surface area (Å²) in [4.78, 5) is 12.9. The first-order valence-electron chi connectivity index (χ1n) is 5.34. The van der Waals surface area contributed by atoms with Crippen molar-refractivity contribution in [3.05, 3.63) is 22.4 Å². The number of rotatable bonds is 4. The van der Waals surface area contributed by atoms with E-state index in [-0.39, 0.29) is 11.4 Å². The number of aliphatic hydroxyl groups is 1. The van der Waals surface area contributed by atoms with Crippen LogP contribution in [0.1, 0.15) is 9.67 Å². The van der Waals surface area contributed by atoms with Gasteiger partial charge in [-0.1, -0.05) is 0 Å². The first kappa shape index (κ1) is 14.3. The molecule has 1 N–H and O–H groups in total. The maximum absolute atomic E-state index is 12.4. The summed E-state index contributed by atoms with van der Waals surface area (Å²) in [6.07, 6.45) is -4.47. The molecule has 0 atom stereocenters. The average Bonchev–Trinajstić information content (AvgIpc) is 2.85. The lowest BCUT2D eigenvalue weighted by atomic mass is 10.3. The third-order valence-corrected chi connectivity index (χ3v) is 4.46. The second kappa shape index (κ2) is 5.48. The van der Waals surface area contributed by atoms with E-state index in [0.717, 1.165) is 20.7 Å². The van der Waals surface area contributed by atoms with E-state index in [1.165, 1.54) is 11.3 Å². The van der Waals surface area contributed by atoms with Gasteiger partial charge in [-0.25, -0.2) is 0 Å². The number of hydrogen-bond donors (Lipinski definition) is 1. The minimum Gasteiger partial charge on any atom is -0.395 e. The van der Waals surface area contributed by atoms with E-state index in [4.69, 9.17) is 5.11 Å². The third-order valence-electron chi connectivity index (χ3n) is 2.38. The molecule has 0 unspecified atom stereocenters. The van der Waals surface area contributed by atoms with Gasteiger partial charge in [-0.05, 0) is 17.5 Å². The van der Waals surface area contributed by atoms with Crippen molar-refractivity contribution >= 4 is 38.0 Å². The molecule has 2 heterocycles. The van der Waals surface area contributed by atoms with Crippen molar-refractivity contribution in [2.24, 2.45) is 0 Å². The monoisotopic (exact) mass is 309 g/mol. The Morgan fingerprint density at radius 2 is 2.11 bits per heavy atom. The van der Waals surface area contributed by atoms with Crippen LogP contribution in [0.4, 0.5) is 13.2 Å². The number of alkyl halides is 3. The Hall–Kier alpha value is -1.12. The summed E-state index contributed by atoms with van der Waals surface area (Å²) in [5.74, 6) is -0.695. The van der Waals surface area contributed by atoms with E-state index in [1.807, 2.05) is 11.4 Å². The molecule has 104 valence electrons. The Balaban J connectivity index is 2.21. The van der Waals surface area contributed by atoms with Gasteiger partial charge in [0.15, 0.2) is 0 Å². The number of fused-ring (bicyclic) bond motifs is 1. The van der Waals surface area contributed by atoms with E-state index in [1.54, 1.807) is 6.07 Å². The van der Waals surface area contributed by atoms with Crippen LogP contribution in [-0.4, -0.2) is 41.8 Å². The Kier molecular flexibility index (Phi) is 4.12. The van der Waals surface area contributed by atoms with E-state index >= 15 is 0 Å². The van der Waals surface area contributed by atoms with Crippen LogP contribution in [0.25, 0.3) is 9.40 Å². The smallest absolute Gasteiger partial charge is 0.395 e. The Morgan fingerprint density at radius 3 is 2.68 bits per heavy atom. The first-order valence-corrected chi connectivity index (χ1v) is 7.04. The highest BCUT2D eigenvalue weighted by atomic mass is 32.1. The van der Waals surface area contributed by atoms with Gasteiger partial charge in [-0.2, -0.15) is 13.2 Å². The summed E-state index contributed by atoms with van der Waals surface area (Å²) in [7, 11) is 0. The van der Waals surface area contributed by atoms with E-state index in [9.17, 15) is 18.0 Å². The second-order valence-corrected chi connectivity index (χ2v) is 5.86. The summed E-state index contributed by atoms with van der Waals surface area (Å²) in [6, 6.07) is 3.41. The molecule has 2 rings (SSSR count). The number of amides is 1. The van der Waals surface area contributed by atoms with Crippen LogP contribution in [0.15, 0.2) is 17.5 Å². The molecule has 0 aliphatic rings. The molecule has 2 aromatic rings. The molecule has 0 spiro atoms. The fourth-order valence-electron chi connectivity index (χ4n) is 1.62. The molecular weight excluding hydrogens is 299 g/mol. The minimum atomic E-state index is -4.47. The quantitative estimate of drug-likeness (QED) is 0.943. The highest BCUT2D eigenvalue weighted by Gasteiger charge is 2.33. The van der Waals surface area contributed by atoms with Gasteiger partial charge >= 0.3 is 6.18 Å². The van der Waals surface area contributed by atoms with Crippen molar-refractivity contribution in [1.29, 1.82) is 0 Å². The van der Waals surface area contributed by atoms with Gasteiger partial charge in [-0.15, -0.1) is 22.7 Å². The molecule has 0 saturated heterocycles. The van der Waals surface area contributed by atoms with Gasteiger partial charge in [0.05, 0.1) is 11.5 Å². The maximum Gasteiger partial charge on any atom is 0.406 e. The molecule has 0 aliphatic heterocycles. The minimum absolute atomic E-state index is 0.263. The lowest BCUT2D eigenvalue weighted by Crippen LogP contribution is -2.40. The van der Waals surface area contributed by atoms with E-state index < -0.39 is 25.2 Å². The molecule has 0 bridgehead atoms. The van der Waals surface area contributed by atoms with Crippen LogP contribution < -0.4 is 0 Å². The fraction of sp³-hybridized carbons (Fsp3) is 0.364. The van der Waals surface area contributed by atoms with Crippen LogP contribution >= 0.6 is 22.7 Å². The molecule has 0 saturated carbocycles. The molecular formula is C11H10F3NO2S2. The normalized spacial score (nSPS) is 12.0. The lowest BCUT2D eigenvalue weighted by molar-refractivity contribution is -0.141. The van der Waals surface area contributed by atoms with Crippen molar-refractivity contribution in [2.45, 2.75) is 6.18 Å². The SMILES string of the molecule is O=C(c1cc2sccc2s1)N(CCO)CC(F)(F)F.